The van der Waals surface area contributed by atoms with Crippen molar-refractivity contribution in [1.29, 1.82) is 0 Å². The fourth-order valence-corrected chi connectivity index (χ4v) is 1.99. The lowest BCUT2D eigenvalue weighted by Gasteiger charge is -2.24. The van der Waals surface area contributed by atoms with Gasteiger partial charge in [-0.15, -0.1) is 0 Å². The predicted molar refractivity (Wildman–Crippen MR) is 76.4 cm³/mol. The molecule has 0 spiro atoms. The molecular weight excluding hydrogens is 262 g/mol. The molecule has 0 aliphatic rings. The second-order valence-corrected chi connectivity index (χ2v) is 5.05. The van der Waals surface area contributed by atoms with E-state index in [0.717, 1.165) is 17.8 Å². The Kier molecular flexibility index (Phi) is 4.52. The third-order valence-electron chi connectivity index (χ3n) is 3.23. The molecular formula is C13H18ClN5. The molecule has 0 radical (unpaired) electrons. The minimum absolute atomic E-state index is 0.319. The Morgan fingerprint density at radius 2 is 2.26 bits per heavy atom. The van der Waals surface area contributed by atoms with Crippen LogP contribution in [0.3, 0.4) is 0 Å². The topological polar surface area (TPSA) is 60.0 Å². The smallest absolute Gasteiger partial charge is 0.138 e. The molecule has 1 atom stereocenters. The van der Waals surface area contributed by atoms with Crippen molar-refractivity contribution in [2.45, 2.75) is 19.5 Å². The van der Waals surface area contributed by atoms with Gasteiger partial charge in [0, 0.05) is 24.2 Å². The third kappa shape index (κ3) is 3.32. The molecule has 102 valence electrons. The number of benzene rings is 1. The van der Waals surface area contributed by atoms with Gasteiger partial charge in [0.15, 0.2) is 0 Å². The van der Waals surface area contributed by atoms with Crippen LogP contribution in [-0.2, 0) is 6.54 Å². The van der Waals surface area contributed by atoms with E-state index in [2.05, 4.69) is 29.0 Å². The zero-order valence-corrected chi connectivity index (χ0v) is 11.9. The summed E-state index contributed by atoms with van der Waals surface area (Å²) in [5.41, 5.74) is 7.78. The summed E-state index contributed by atoms with van der Waals surface area (Å²) < 4.78 is 1.72. The van der Waals surface area contributed by atoms with Crippen LogP contribution in [0, 0.1) is 0 Å². The molecule has 0 bridgehead atoms. The van der Waals surface area contributed by atoms with Crippen LogP contribution in [0.2, 0.25) is 5.02 Å². The van der Waals surface area contributed by atoms with Gasteiger partial charge in [0.25, 0.3) is 0 Å². The molecule has 1 aromatic carbocycles. The normalized spacial score (nSPS) is 12.9. The van der Waals surface area contributed by atoms with Crippen LogP contribution in [0.15, 0.2) is 30.9 Å². The van der Waals surface area contributed by atoms with Crippen molar-refractivity contribution in [2.75, 3.05) is 13.6 Å². The van der Waals surface area contributed by atoms with Crippen molar-refractivity contribution in [2.24, 2.45) is 5.73 Å². The van der Waals surface area contributed by atoms with Crippen LogP contribution in [0.5, 0.6) is 0 Å². The summed E-state index contributed by atoms with van der Waals surface area (Å²) in [5.74, 6) is 0. The summed E-state index contributed by atoms with van der Waals surface area (Å²) >= 11 is 6.06. The number of hydrogen-bond acceptors (Lipinski definition) is 4. The highest BCUT2D eigenvalue weighted by Crippen LogP contribution is 2.21. The van der Waals surface area contributed by atoms with Gasteiger partial charge >= 0.3 is 0 Å². The lowest BCUT2D eigenvalue weighted by molar-refractivity contribution is 0.254. The summed E-state index contributed by atoms with van der Waals surface area (Å²) in [7, 11) is 2.05. The summed E-state index contributed by atoms with van der Waals surface area (Å²) in [4.78, 5) is 6.17. The number of nitrogens with zero attached hydrogens (tertiary/aromatic N) is 4. The van der Waals surface area contributed by atoms with E-state index in [1.165, 1.54) is 6.33 Å². The Morgan fingerprint density at radius 1 is 1.47 bits per heavy atom. The molecule has 0 saturated heterocycles. The van der Waals surface area contributed by atoms with Crippen molar-refractivity contribution < 1.29 is 0 Å². The van der Waals surface area contributed by atoms with Crippen molar-refractivity contribution in [3.8, 4) is 5.69 Å². The van der Waals surface area contributed by atoms with Gasteiger partial charge in [0.05, 0.1) is 5.69 Å². The first-order valence-corrected chi connectivity index (χ1v) is 6.53. The molecule has 2 aromatic rings. The number of likely N-dealkylation sites (N-methyl/N-ethyl adjacent to an activating group) is 1. The minimum atomic E-state index is 0.319. The Labute approximate surface area is 118 Å². The maximum absolute atomic E-state index is 6.06. The minimum Gasteiger partial charge on any atom is -0.329 e. The molecule has 0 fully saturated rings. The predicted octanol–water partition coefficient (Wildman–Crippen LogP) is 1.70. The van der Waals surface area contributed by atoms with Crippen LogP contribution < -0.4 is 5.73 Å². The lowest BCUT2D eigenvalue weighted by Crippen LogP contribution is -2.35. The van der Waals surface area contributed by atoms with Crippen LogP contribution in [-0.4, -0.2) is 39.3 Å². The van der Waals surface area contributed by atoms with Crippen molar-refractivity contribution >= 4 is 11.6 Å². The van der Waals surface area contributed by atoms with E-state index in [-0.39, 0.29) is 0 Å². The van der Waals surface area contributed by atoms with Gasteiger partial charge in [-0.2, -0.15) is 5.10 Å². The molecule has 19 heavy (non-hydrogen) atoms. The summed E-state index contributed by atoms with van der Waals surface area (Å²) in [6.45, 7) is 3.51. The van der Waals surface area contributed by atoms with Gasteiger partial charge in [0.1, 0.15) is 12.7 Å². The monoisotopic (exact) mass is 279 g/mol. The molecule has 6 heteroatoms. The van der Waals surface area contributed by atoms with E-state index >= 15 is 0 Å². The largest absolute Gasteiger partial charge is 0.329 e. The number of hydrogen-bond donors (Lipinski definition) is 1. The van der Waals surface area contributed by atoms with E-state index in [0.29, 0.717) is 17.6 Å². The third-order valence-corrected chi connectivity index (χ3v) is 3.46. The number of rotatable bonds is 5. The molecule has 0 saturated carbocycles. The molecule has 0 aliphatic heterocycles. The van der Waals surface area contributed by atoms with Crippen molar-refractivity contribution in [1.82, 2.24) is 19.7 Å². The maximum Gasteiger partial charge on any atom is 0.138 e. The second kappa shape index (κ2) is 6.14. The average molecular weight is 280 g/mol. The van der Waals surface area contributed by atoms with Gasteiger partial charge in [-0.25, -0.2) is 9.67 Å². The molecule has 1 unspecified atom stereocenters. The lowest BCUT2D eigenvalue weighted by atomic mass is 10.1. The molecule has 5 nitrogen and oxygen atoms in total. The molecule has 2 rings (SSSR count). The maximum atomic E-state index is 6.06. The highest BCUT2D eigenvalue weighted by atomic mass is 35.5. The Balaban J connectivity index is 2.30. The zero-order valence-electron chi connectivity index (χ0n) is 11.1. The first-order chi connectivity index (χ1) is 9.11. The van der Waals surface area contributed by atoms with Crippen LogP contribution in [0.4, 0.5) is 0 Å². The molecule has 0 aliphatic carbocycles. The van der Waals surface area contributed by atoms with Gasteiger partial charge in [-0.05, 0) is 31.7 Å². The fourth-order valence-electron chi connectivity index (χ4n) is 1.82. The summed E-state index contributed by atoms with van der Waals surface area (Å²) in [6, 6.07) is 6.11. The fraction of sp³-hybridized carbons (Fsp3) is 0.385. The van der Waals surface area contributed by atoms with E-state index in [1.807, 2.05) is 18.2 Å². The van der Waals surface area contributed by atoms with E-state index < -0.39 is 0 Å². The average Bonchev–Trinajstić information content (AvgIpc) is 2.93. The van der Waals surface area contributed by atoms with Gasteiger partial charge in [-0.1, -0.05) is 17.7 Å². The Bertz CT molecular complexity index is 526. The van der Waals surface area contributed by atoms with Crippen LogP contribution in [0.1, 0.15) is 12.5 Å². The number of halogens is 1. The molecule has 1 aromatic heterocycles. The quantitative estimate of drug-likeness (QED) is 0.905. The van der Waals surface area contributed by atoms with Crippen LogP contribution in [0.25, 0.3) is 5.69 Å². The van der Waals surface area contributed by atoms with E-state index in [1.54, 1.807) is 11.0 Å². The highest BCUT2D eigenvalue weighted by Gasteiger charge is 2.12. The van der Waals surface area contributed by atoms with Crippen LogP contribution >= 0.6 is 11.6 Å². The van der Waals surface area contributed by atoms with Crippen molar-refractivity contribution in [3.63, 3.8) is 0 Å². The van der Waals surface area contributed by atoms with Gasteiger partial charge in [-0.3, -0.25) is 4.90 Å². The first-order valence-electron chi connectivity index (χ1n) is 6.15. The second-order valence-electron chi connectivity index (χ2n) is 4.61. The molecule has 2 N–H and O–H groups in total. The number of aromatic nitrogens is 3. The van der Waals surface area contributed by atoms with Gasteiger partial charge in [0.2, 0.25) is 0 Å². The molecule has 0 amide bonds. The zero-order chi connectivity index (χ0) is 13.8. The highest BCUT2D eigenvalue weighted by molar-refractivity contribution is 6.30. The van der Waals surface area contributed by atoms with E-state index in [4.69, 9.17) is 17.3 Å². The van der Waals surface area contributed by atoms with E-state index in [9.17, 15) is 0 Å². The molecule has 1 heterocycles. The SMILES string of the molecule is CC(CN)N(C)Cc1ccc(Cl)cc1-n1cncn1. The van der Waals surface area contributed by atoms with Crippen molar-refractivity contribution in [3.05, 3.63) is 41.4 Å². The Morgan fingerprint density at radius 3 is 2.89 bits per heavy atom. The number of nitrogens with two attached hydrogens (primary N) is 1. The summed E-state index contributed by atoms with van der Waals surface area (Å²) in [6.07, 6.45) is 3.18. The summed E-state index contributed by atoms with van der Waals surface area (Å²) in [5, 5.41) is 4.85. The Hall–Kier alpha value is -1.43. The first kappa shape index (κ1) is 14.0. The standard InChI is InChI=1S/C13H18ClN5/c1-10(6-15)18(2)7-11-3-4-12(14)5-13(11)19-9-16-8-17-19/h3-5,8-10H,6-7,15H2,1-2H3. The van der Waals surface area contributed by atoms with Gasteiger partial charge < -0.3 is 5.73 Å².